The Balaban J connectivity index is 0.000000178. The average Bonchev–Trinajstić information content (AvgIpc) is 1.80. The summed E-state index contributed by atoms with van der Waals surface area (Å²) in [6.07, 6.45) is 3.94. The van der Waals surface area contributed by atoms with Crippen LogP contribution >= 0.6 is 11.8 Å². The van der Waals surface area contributed by atoms with Crippen molar-refractivity contribution in [3.8, 4) is 23.0 Å². The predicted molar refractivity (Wildman–Crippen MR) is 495 cm³/mol. The molecule has 14 rings (SSSR count). The van der Waals surface area contributed by atoms with Crippen LogP contribution < -0.4 is 40.2 Å². The maximum absolute atomic E-state index is 12.7. The Bertz CT molecular complexity index is 4770. The third-order valence-corrected chi connectivity index (χ3v) is 23.4. The number of benzene rings is 7. The number of nitrogens with zero attached hydrogens (tertiary/aromatic N) is 1. The van der Waals surface area contributed by atoms with E-state index in [0.29, 0.717) is 12.3 Å². The summed E-state index contributed by atoms with van der Waals surface area (Å²) in [6.45, 7) is 65.8. The van der Waals surface area contributed by atoms with Gasteiger partial charge in [-0.3, -0.25) is 4.79 Å². The second-order valence-electron chi connectivity index (χ2n) is 42.9. The molecule has 0 bridgehead atoms. The lowest BCUT2D eigenvalue weighted by atomic mass is 9.77. The molecule has 0 saturated heterocycles. The Morgan fingerprint density at radius 2 is 0.951 bits per heavy atom. The van der Waals surface area contributed by atoms with Gasteiger partial charge < -0.3 is 59.3 Å². The zero-order chi connectivity index (χ0) is 90.9. The van der Waals surface area contributed by atoms with Crippen molar-refractivity contribution in [3.63, 3.8) is 0 Å². The zero-order valence-electron chi connectivity index (χ0n) is 79.3. The first kappa shape index (κ1) is 98.5. The van der Waals surface area contributed by atoms with Crippen molar-refractivity contribution >= 4 is 47.3 Å². The number of hydrogen-bond donors (Lipinski definition) is 4. The van der Waals surface area contributed by atoms with E-state index in [0.717, 1.165) is 106 Å². The molecule has 16 nitrogen and oxygen atoms in total. The van der Waals surface area contributed by atoms with E-state index in [-0.39, 0.29) is 91.1 Å². The van der Waals surface area contributed by atoms with Gasteiger partial charge in [-0.15, -0.1) is 20.5 Å². The molecule has 7 aromatic rings. The first-order valence-corrected chi connectivity index (χ1v) is 44.6. The summed E-state index contributed by atoms with van der Waals surface area (Å²) in [5, 5.41) is 12.3. The summed E-state index contributed by atoms with van der Waals surface area (Å²) in [5.74, 6) is 2.88. The fourth-order valence-corrected chi connectivity index (χ4v) is 15.9. The molecule has 7 aromatic carbocycles. The monoisotopic (exact) mass is 1700 g/mol. The zero-order valence-corrected chi connectivity index (χ0v) is 80.1. The van der Waals surface area contributed by atoms with Gasteiger partial charge in [0.2, 0.25) is 5.91 Å². The molecule has 7 aliphatic rings. The minimum atomic E-state index is -3.53. The summed E-state index contributed by atoms with van der Waals surface area (Å²) in [6, 6.07) is 44.2. The lowest BCUT2D eigenvalue weighted by molar-refractivity contribution is -0.286. The SMILES string of the molecule is CC(C)(C)OC(=O)N1CCc2c(cccc2C(C)(C)C)C1.CC(C)(C)OC(=O)NC1CCCc2ccc(C(C)(C)C)cc21.CC(C)(C)c1ccc2c(c1)NC(=O)CS2.CC(C)(C)c1ccc2c(c1)NCCO2.CC(C)(C)c1ccc2c(c1)OC(F)(F)O2.CC(C)(C)c1ccc2c(c1)OCCC2(C)C.COC(=O)NC1CCCc2ccc(C(C)(C)C)cc21. The number of alkyl halides is 2. The van der Waals surface area contributed by atoms with Crippen molar-refractivity contribution in [1.82, 2.24) is 15.5 Å². The second-order valence-corrected chi connectivity index (χ2v) is 43.9. The van der Waals surface area contributed by atoms with Crippen molar-refractivity contribution in [1.29, 1.82) is 0 Å². The van der Waals surface area contributed by atoms with Gasteiger partial charge in [-0.05, 0) is 257 Å². The molecule has 0 spiro atoms. The molecule has 4 amide bonds. The van der Waals surface area contributed by atoms with E-state index in [4.69, 9.17) is 23.7 Å². The molecule has 5 aliphatic heterocycles. The van der Waals surface area contributed by atoms with Crippen LogP contribution in [0, 0.1) is 0 Å². The molecule has 0 fully saturated rings. The van der Waals surface area contributed by atoms with Crippen LogP contribution in [0.4, 0.5) is 34.5 Å². The standard InChI is InChI=1S/C19H29NO2.C18H27NO2.C16H23NO2.C15H22O.C12H15NOS.C12H17NO.C11H12F2O2/c1-18(2,3)14-11-10-13-8-7-9-16(15(13)12-14)20-17(21)22-19(4,5)6;1-17(2,3)15-9-7-8-13-12-19(11-10-14(13)15)16(20)21-18(4,5)6;1-16(2,3)12-9-8-11-6-5-7-14(13(11)10-12)17-15(18)19-4;1-14(2,3)11-6-7-12-13(10-11)16-9-8-15(12,4)5;1-12(2,3)8-4-5-10-9(6-8)13-11(14)7-15-10;1-12(2,3)9-4-5-11-10(8-9)13-6-7-14-11;1-10(2,3)7-4-5-8-9(6-7)15-11(12,13)14-8/h10-12,16H,7-9H2,1-6H3,(H,20,21);7-9H,10-12H2,1-6H3;8-10,14H,5-7H2,1-4H3,(H,17,18);6-7,10H,8-9H2,1-5H3;4-6H,7H2,1-3H3,(H,13,14);4-5,8,13H,6-7H2,1-3H3;4-6H,1-3H3. The largest absolute Gasteiger partial charge is 0.586 e. The van der Waals surface area contributed by atoms with Gasteiger partial charge in [-0.25, -0.2) is 14.4 Å². The number of hydrogen-bond acceptors (Lipinski definition) is 13. The molecule has 2 aliphatic carbocycles. The van der Waals surface area contributed by atoms with Gasteiger partial charge in [0.15, 0.2) is 11.5 Å². The average molecular weight is 1700 g/mol. The molecule has 0 aromatic heterocycles. The minimum Gasteiger partial charge on any atom is -0.493 e. The van der Waals surface area contributed by atoms with Crippen LogP contribution in [-0.2, 0) is 88.1 Å². The van der Waals surface area contributed by atoms with E-state index in [1.807, 2.05) is 62.3 Å². The van der Waals surface area contributed by atoms with Crippen LogP contribution in [0.5, 0.6) is 23.0 Å². The Morgan fingerprint density at radius 1 is 0.492 bits per heavy atom. The summed E-state index contributed by atoms with van der Waals surface area (Å²) in [5.41, 5.74) is 20.3. The van der Waals surface area contributed by atoms with Crippen molar-refractivity contribution in [3.05, 3.63) is 205 Å². The number of fused-ring (bicyclic) bond motifs is 7. The number of thioether (sulfide) groups is 1. The van der Waals surface area contributed by atoms with E-state index in [1.165, 1.54) is 90.4 Å². The number of anilines is 2. The number of alkyl carbamates (subject to hydrolysis) is 2. The highest BCUT2D eigenvalue weighted by atomic mass is 32.2. The van der Waals surface area contributed by atoms with Crippen LogP contribution in [0.1, 0.15) is 323 Å². The van der Waals surface area contributed by atoms with Crippen molar-refractivity contribution in [2.75, 3.05) is 49.8 Å². The molecule has 2 atom stereocenters. The predicted octanol–water partition coefficient (Wildman–Crippen LogP) is 26.0. The molecule has 668 valence electrons. The number of rotatable bonds is 2. The third kappa shape index (κ3) is 28.5. The van der Waals surface area contributed by atoms with Crippen LogP contribution in [0.15, 0.2) is 132 Å². The number of carbonyl (C=O) groups excluding carboxylic acids is 4. The lowest BCUT2D eigenvalue weighted by Gasteiger charge is -2.34. The summed E-state index contributed by atoms with van der Waals surface area (Å²) < 4.78 is 61.0. The Hall–Kier alpha value is -8.97. The number of halogens is 2. The molecular weight excluding hydrogens is 1550 g/mol. The Labute approximate surface area is 734 Å². The van der Waals surface area contributed by atoms with Gasteiger partial charge in [-0.2, -0.15) is 0 Å². The van der Waals surface area contributed by atoms with Gasteiger partial charge >= 0.3 is 24.6 Å². The fourth-order valence-electron chi connectivity index (χ4n) is 15.1. The Kier molecular flexibility index (Phi) is 31.5. The molecule has 19 heteroatoms. The van der Waals surface area contributed by atoms with Gasteiger partial charge in [0, 0.05) is 24.5 Å². The number of amides is 4. The third-order valence-electron chi connectivity index (χ3n) is 22.4. The van der Waals surface area contributed by atoms with Crippen LogP contribution in [0.2, 0.25) is 0 Å². The second kappa shape index (κ2) is 39.1. The van der Waals surface area contributed by atoms with Gasteiger partial charge in [0.05, 0.1) is 42.9 Å². The molecule has 2 unspecified atom stereocenters. The molecular formula is C103H145F2N5O11S. The summed E-state index contributed by atoms with van der Waals surface area (Å²) >= 11 is 1.60. The van der Waals surface area contributed by atoms with Crippen LogP contribution in [0.3, 0.4) is 0 Å². The summed E-state index contributed by atoms with van der Waals surface area (Å²) in [4.78, 5) is 50.0. The molecule has 0 radical (unpaired) electrons. The van der Waals surface area contributed by atoms with E-state index in [9.17, 15) is 28.0 Å². The smallest absolute Gasteiger partial charge is 0.493 e. The van der Waals surface area contributed by atoms with Gasteiger partial charge in [0.25, 0.3) is 0 Å². The van der Waals surface area contributed by atoms with E-state index in [1.54, 1.807) is 28.8 Å². The molecule has 5 heterocycles. The quantitative estimate of drug-likeness (QED) is 0.120. The minimum absolute atomic E-state index is 0.0564. The Morgan fingerprint density at radius 3 is 1.47 bits per heavy atom. The number of methoxy groups -OCH3 is 1. The lowest BCUT2D eigenvalue weighted by Crippen LogP contribution is -2.40. The summed E-state index contributed by atoms with van der Waals surface area (Å²) in [7, 11) is 1.41. The highest BCUT2D eigenvalue weighted by Crippen LogP contribution is 2.45. The van der Waals surface area contributed by atoms with Crippen LogP contribution in [0.25, 0.3) is 0 Å². The van der Waals surface area contributed by atoms with Gasteiger partial charge in [0.1, 0.15) is 29.3 Å². The van der Waals surface area contributed by atoms with E-state index in [2.05, 4.69) is 278 Å². The highest BCUT2D eigenvalue weighted by Gasteiger charge is 2.44. The first-order chi connectivity index (χ1) is 56.2. The fraction of sp³-hybridized carbons (Fsp3) is 0.553. The van der Waals surface area contributed by atoms with Crippen molar-refractivity contribution < 1.29 is 61.1 Å². The van der Waals surface area contributed by atoms with E-state index < -0.39 is 17.5 Å². The topological polar surface area (TPSA) is 184 Å². The number of aryl methyl sites for hydroxylation is 2. The van der Waals surface area contributed by atoms with Crippen molar-refractivity contribution in [2.24, 2.45) is 0 Å². The number of ether oxygens (including phenoxy) is 7. The van der Waals surface area contributed by atoms with Crippen LogP contribution in [-0.4, -0.2) is 85.7 Å². The van der Waals surface area contributed by atoms with E-state index >= 15 is 0 Å². The normalized spacial score (nSPS) is 17.3. The molecule has 122 heavy (non-hydrogen) atoms. The van der Waals surface area contributed by atoms with Gasteiger partial charge in [-0.1, -0.05) is 244 Å². The molecule has 0 saturated carbocycles. The molecule has 4 N–H and O–H groups in total. The number of carbonyl (C=O) groups is 4. The van der Waals surface area contributed by atoms with Crippen molar-refractivity contribution in [2.45, 2.75) is 336 Å². The highest BCUT2D eigenvalue weighted by molar-refractivity contribution is 8.00. The maximum atomic E-state index is 12.7. The maximum Gasteiger partial charge on any atom is 0.586 e. The first-order valence-electron chi connectivity index (χ1n) is 43.6. The number of nitrogens with one attached hydrogen (secondary N) is 4.